The predicted octanol–water partition coefficient (Wildman–Crippen LogP) is 1.57. The van der Waals surface area contributed by atoms with E-state index >= 15 is 0 Å². The molecule has 0 saturated heterocycles. The molecule has 0 bridgehead atoms. The first-order valence-electron chi connectivity index (χ1n) is 5.95. The normalized spacial score (nSPS) is 14.6. The van der Waals surface area contributed by atoms with E-state index in [4.69, 9.17) is 0 Å². The van der Waals surface area contributed by atoms with Crippen molar-refractivity contribution < 1.29 is 4.79 Å². The Kier molecular flexibility index (Phi) is 2.98. The lowest BCUT2D eigenvalue weighted by Gasteiger charge is -2.05. The molecule has 0 aliphatic heterocycles. The zero-order valence-corrected chi connectivity index (χ0v) is 11.1. The smallest absolute Gasteiger partial charge is 0.298 e. The van der Waals surface area contributed by atoms with Crippen LogP contribution in [0.3, 0.4) is 0 Å². The Balaban J connectivity index is 1.93. The monoisotopic (exact) mass is 276 g/mol. The molecule has 1 N–H and O–H groups in total. The van der Waals surface area contributed by atoms with Gasteiger partial charge in [0.25, 0.3) is 0 Å². The SMILES string of the molecule is Cc1cc(C=O)cnc1Sc1n[nH]c(=O)n1C1CC1. The highest BCUT2D eigenvalue weighted by atomic mass is 32.2. The van der Waals surface area contributed by atoms with Crippen LogP contribution in [0.5, 0.6) is 0 Å². The fourth-order valence-electron chi connectivity index (χ4n) is 1.86. The third-order valence-electron chi connectivity index (χ3n) is 2.96. The van der Waals surface area contributed by atoms with Gasteiger partial charge < -0.3 is 0 Å². The van der Waals surface area contributed by atoms with Crippen molar-refractivity contribution in [1.29, 1.82) is 0 Å². The number of aryl methyl sites for hydroxylation is 1. The van der Waals surface area contributed by atoms with Crippen LogP contribution in [0.1, 0.15) is 34.8 Å². The lowest BCUT2D eigenvalue weighted by atomic mass is 10.2. The summed E-state index contributed by atoms with van der Waals surface area (Å²) in [6.07, 6.45) is 4.32. The molecular weight excluding hydrogens is 264 g/mol. The van der Waals surface area contributed by atoms with Crippen molar-refractivity contribution in [2.24, 2.45) is 0 Å². The van der Waals surface area contributed by atoms with E-state index in [9.17, 15) is 9.59 Å². The fourth-order valence-corrected chi connectivity index (χ4v) is 2.78. The highest BCUT2D eigenvalue weighted by molar-refractivity contribution is 7.99. The van der Waals surface area contributed by atoms with E-state index in [0.29, 0.717) is 10.7 Å². The first-order chi connectivity index (χ1) is 9.19. The number of H-pyrrole nitrogens is 1. The molecule has 2 heterocycles. The molecule has 0 spiro atoms. The number of rotatable bonds is 4. The van der Waals surface area contributed by atoms with Crippen LogP contribution in [-0.4, -0.2) is 26.0 Å². The number of nitrogens with zero attached hydrogens (tertiary/aromatic N) is 3. The first kappa shape index (κ1) is 12.2. The van der Waals surface area contributed by atoms with Gasteiger partial charge in [0.15, 0.2) is 11.4 Å². The maximum atomic E-state index is 11.7. The van der Waals surface area contributed by atoms with Gasteiger partial charge in [-0.25, -0.2) is 14.9 Å². The zero-order valence-electron chi connectivity index (χ0n) is 10.3. The Bertz CT molecular complexity index is 687. The minimum Gasteiger partial charge on any atom is -0.298 e. The summed E-state index contributed by atoms with van der Waals surface area (Å²) in [5.41, 5.74) is 1.27. The summed E-state index contributed by atoms with van der Waals surface area (Å²) in [4.78, 5) is 26.6. The topological polar surface area (TPSA) is 80.6 Å². The summed E-state index contributed by atoms with van der Waals surface area (Å²) in [5, 5.41) is 7.89. The third-order valence-corrected chi connectivity index (χ3v) is 4.05. The van der Waals surface area contributed by atoms with Crippen molar-refractivity contribution >= 4 is 18.0 Å². The summed E-state index contributed by atoms with van der Waals surface area (Å²) in [7, 11) is 0. The highest BCUT2D eigenvalue weighted by Crippen LogP contribution is 2.37. The Morgan fingerprint density at radius 3 is 2.95 bits per heavy atom. The van der Waals surface area contributed by atoms with Crippen molar-refractivity contribution in [1.82, 2.24) is 19.7 Å². The van der Waals surface area contributed by atoms with Gasteiger partial charge in [0.05, 0.1) is 0 Å². The van der Waals surface area contributed by atoms with Crippen LogP contribution in [0.2, 0.25) is 0 Å². The maximum absolute atomic E-state index is 11.7. The van der Waals surface area contributed by atoms with Crippen LogP contribution in [-0.2, 0) is 0 Å². The minimum atomic E-state index is -0.174. The quantitative estimate of drug-likeness (QED) is 0.857. The van der Waals surface area contributed by atoms with Crippen molar-refractivity contribution in [3.05, 3.63) is 33.9 Å². The average molecular weight is 276 g/mol. The maximum Gasteiger partial charge on any atom is 0.344 e. The Morgan fingerprint density at radius 2 is 2.32 bits per heavy atom. The predicted molar refractivity (Wildman–Crippen MR) is 69.6 cm³/mol. The number of aromatic amines is 1. The van der Waals surface area contributed by atoms with Gasteiger partial charge in [-0.15, -0.1) is 5.10 Å². The van der Waals surface area contributed by atoms with Crippen LogP contribution in [0, 0.1) is 6.92 Å². The van der Waals surface area contributed by atoms with Crippen molar-refractivity contribution in [2.75, 3.05) is 0 Å². The van der Waals surface area contributed by atoms with Crippen LogP contribution >= 0.6 is 11.8 Å². The molecule has 19 heavy (non-hydrogen) atoms. The number of hydrogen-bond donors (Lipinski definition) is 1. The number of aldehydes is 1. The van der Waals surface area contributed by atoms with E-state index in [1.54, 1.807) is 10.6 Å². The lowest BCUT2D eigenvalue weighted by Crippen LogP contribution is -2.16. The molecule has 98 valence electrons. The molecule has 2 aromatic rings. The molecule has 1 fully saturated rings. The van der Waals surface area contributed by atoms with Crippen molar-refractivity contribution in [2.45, 2.75) is 36.0 Å². The van der Waals surface area contributed by atoms with Crippen molar-refractivity contribution in [3.63, 3.8) is 0 Å². The number of hydrogen-bond acceptors (Lipinski definition) is 5. The summed E-state index contributed by atoms with van der Waals surface area (Å²) in [5.74, 6) is 0. The molecule has 2 aromatic heterocycles. The zero-order chi connectivity index (χ0) is 13.4. The van der Waals surface area contributed by atoms with E-state index in [-0.39, 0.29) is 11.7 Å². The molecule has 6 nitrogen and oxygen atoms in total. The average Bonchev–Trinajstić information content (AvgIpc) is 3.17. The van der Waals surface area contributed by atoms with Gasteiger partial charge in [-0.05, 0) is 43.2 Å². The van der Waals surface area contributed by atoms with E-state index in [2.05, 4.69) is 15.2 Å². The Hall–Kier alpha value is -1.89. The minimum absolute atomic E-state index is 0.174. The Labute approximate surface area is 113 Å². The largest absolute Gasteiger partial charge is 0.344 e. The highest BCUT2D eigenvalue weighted by Gasteiger charge is 2.29. The first-order valence-corrected chi connectivity index (χ1v) is 6.77. The second-order valence-electron chi connectivity index (χ2n) is 4.52. The van der Waals surface area contributed by atoms with Gasteiger partial charge in [0, 0.05) is 17.8 Å². The molecule has 7 heteroatoms. The molecular formula is C12H12N4O2S. The summed E-state index contributed by atoms with van der Waals surface area (Å²) < 4.78 is 1.68. The molecule has 1 aliphatic carbocycles. The van der Waals surface area contributed by atoms with Crippen LogP contribution in [0.15, 0.2) is 27.2 Å². The molecule has 0 aromatic carbocycles. The van der Waals surface area contributed by atoms with E-state index in [1.165, 1.54) is 18.0 Å². The third kappa shape index (κ3) is 2.33. The number of nitrogens with one attached hydrogen (secondary N) is 1. The van der Waals surface area contributed by atoms with Crippen LogP contribution in [0.4, 0.5) is 0 Å². The molecule has 0 atom stereocenters. The molecule has 0 unspecified atom stereocenters. The van der Waals surface area contributed by atoms with E-state index < -0.39 is 0 Å². The Morgan fingerprint density at radius 1 is 1.53 bits per heavy atom. The lowest BCUT2D eigenvalue weighted by molar-refractivity contribution is 0.112. The molecule has 3 rings (SSSR count). The second kappa shape index (κ2) is 4.65. The van der Waals surface area contributed by atoms with Crippen LogP contribution < -0.4 is 5.69 Å². The standard InChI is InChI=1S/C12H12N4O2S/c1-7-4-8(6-17)5-13-10(7)19-12-15-14-11(18)16(12)9-2-3-9/h4-6,9H,2-3H2,1H3,(H,14,18). The van der Waals surface area contributed by atoms with E-state index in [1.807, 2.05) is 6.92 Å². The van der Waals surface area contributed by atoms with Gasteiger partial charge in [0.1, 0.15) is 5.03 Å². The number of aromatic nitrogens is 4. The molecule has 1 saturated carbocycles. The van der Waals surface area contributed by atoms with Crippen molar-refractivity contribution in [3.8, 4) is 0 Å². The van der Waals surface area contributed by atoms with Gasteiger partial charge in [-0.3, -0.25) is 9.36 Å². The molecule has 1 aliphatic rings. The number of carbonyl (C=O) groups is 1. The van der Waals surface area contributed by atoms with Gasteiger partial charge >= 0.3 is 5.69 Å². The number of pyridine rings is 1. The summed E-state index contributed by atoms with van der Waals surface area (Å²) in [6.45, 7) is 1.88. The second-order valence-corrected chi connectivity index (χ2v) is 5.48. The summed E-state index contributed by atoms with van der Waals surface area (Å²) >= 11 is 1.34. The van der Waals surface area contributed by atoms with E-state index in [0.717, 1.165) is 29.7 Å². The van der Waals surface area contributed by atoms with Crippen LogP contribution in [0.25, 0.3) is 0 Å². The van der Waals surface area contributed by atoms with Gasteiger partial charge in [0.2, 0.25) is 0 Å². The number of carbonyl (C=O) groups excluding carboxylic acids is 1. The molecule has 0 radical (unpaired) electrons. The van der Waals surface area contributed by atoms with Gasteiger partial charge in [-0.2, -0.15) is 0 Å². The summed E-state index contributed by atoms with van der Waals surface area (Å²) in [6, 6.07) is 2.04. The fraction of sp³-hybridized carbons (Fsp3) is 0.333. The van der Waals surface area contributed by atoms with Gasteiger partial charge in [-0.1, -0.05) is 0 Å². The molecule has 0 amide bonds.